The first kappa shape index (κ1) is 19.6. The Hall–Kier alpha value is -2.68. The number of anilines is 3. The van der Waals surface area contributed by atoms with Gasteiger partial charge in [-0.15, -0.1) is 0 Å². The van der Waals surface area contributed by atoms with E-state index in [0.29, 0.717) is 17.1 Å². The van der Waals surface area contributed by atoms with Crippen molar-refractivity contribution in [1.82, 2.24) is 4.37 Å². The molecule has 0 saturated carbocycles. The second-order valence-corrected chi connectivity index (χ2v) is 7.24. The van der Waals surface area contributed by atoms with E-state index in [0.717, 1.165) is 11.8 Å². The fraction of sp³-hybridized carbons (Fsp3) is 0.353. The molecule has 1 aromatic heterocycles. The van der Waals surface area contributed by atoms with E-state index in [1.54, 1.807) is 6.07 Å². The number of nitrogens with two attached hydrogens (primary N) is 2. The second kappa shape index (κ2) is 8.13. The van der Waals surface area contributed by atoms with E-state index < -0.39 is 23.7 Å². The van der Waals surface area contributed by atoms with Crippen LogP contribution in [0.1, 0.15) is 36.3 Å². The third-order valence-corrected chi connectivity index (χ3v) is 4.41. The van der Waals surface area contributed by atoms with Crippen LogP contribution in [0, 0.1) is 18.7 Å². The van der Waals surface area contributed by atoms with Gasteiger partial charge in [-0.3, -0.25) is 9.59 Å². The lowest BCUT2D eigenvalue weighted by Gasteiger charge is -2.20. The molecule has 7 nitrogen and oxygen atoms in total. The number of hydrogen-bond acceptors (Lipinski definition) is 6. The van der Waals surface area contributed by atoms with Gasteiger partial charge in [0.05, 0.1) is 16.9 Å². The fourth-order valence-corrected chi connectivity index (χ4v) is 3.19. The summed E-state index contributed by atoms with van der Waals surface area (Å²) >= 11 is 1.17. The van der Waals surface area contributed by atoms with Crippen LogP contribution in [-0.4, -0.2) is 22.2 Å². The average molecular weight is 379 g/mol. The van der Waals surface area contributed by atoms with Gasteiger partial charge in [-0.1, -0.05) is 13.8 Å². The molecule has 0 saturated heterocycles. The van der Waals surface area contributed by atoms with Crippen LogP contribution < -0.4 is 22.1 Å². The molecule has 0 spiro atoms. The Morgan fingerprint density at radius 2 is 1.96 bits per heavy atom. The first-order valence-corrected chi connectivity index (χ1v) is 8.84. The summed E-state index contributed by atoms with van der Waals surface area (Å²) in [6.07, 6.45) is 0.491. The third kappa shape index (κ3) is 4.92. The van der Waals surface area contributed by atoms with E-state index in [-0.39, 0.29) is 17.2 Å². The quantitative estimate of drug-likeness (QED) is 0.561. The van der Waals surface area contributed by atoms with E-state index >= 15 is 0 Å². The number of aryl methyl sites for hydroxylation is 1. The van der Waals surface area contributed by atoms with E-state index in [1.807, 2.05) is 20.8 Å². The molecule has 2 rings (SSSR count). The maximum absolute atomic E-state index is 14.5. The molecule has 0 unspecified atom stereocenters. The molecule has 0 radical (unpaired) electrons. The smallest absolute Gasteiger partial charge is 0.253 e. The minimum absolute atomic E-state index is 0.191. The lowest BCUT2D eigenvalue weighted by molar-refractivity contribution is -0.119. The minimum Gasteiger partial charge on any atom is -0.374 e. The minimum atomic E-state index is -0.897. The lowest BCUT2D eigenvalue weighted by Crippen LogP contribution is -2.36. The number of rotatable bonds is 8. The first-order valence-electron chi connectivity index (χ1n) is 8.07. The van der Waals surface area contributed by atoms with Gasteiger partial charge in [0.2, 0.25) is 5.91 Å². The summed E-state index contributed by atoms with van der Waals surface area (Å²) in [5, 5.41) is 6.52. The predicted molar refractivity (Wildman–Crippen MR) is 101 cm³/mol. The summed E-state index contributed by atoms with van der Waals surface area (Å²) in [5.74, 6) is -2.01. The zero-order valence-corrected chi connectivity index (χ0v) is 15.6. The number of hydrogen-bond donors (Lipinski definition) is 4. The fourth-order valence-electron chi connectivity index (χ4n) is 2.51. The summed E-state index contributed by atoms with van der Waals surface area (Å²) in [6, 6.07) is 3.75. The largest absolute Gasteiger partial charge is 0.374 e. The third-order valence-electron chi connectivity index (χ3n) is 3.61. The van der Waals surface area contributed by atoms with Crippen LogP contribution in [0.5, 0.6) is 0 Å². The number of aromatic nitrogens is 1. The molecule has 1 heterocycles. The second-order valence-electron chi connectivity index (χ2n) is 6.43. The van der Waals surface area contributed by atoms with Gasteiger partial charge in [0.1, 0.15) is 16.9 Å². The van der Waals surface area contributed by atoms with Crippen LogP contribution in [0.4, 0.5) is 20.8 Å². The molecule has 2 amide bonds. The Kier molecular flexibility index (Phi) is 6.14. The van der Waals surface area contributed by atoms with Crippen molar-refractivity contribution >= 4 is 39.7 Å². The van der Waals surface area contributed by atoms with E-state index in [4.69, 9.17) is 11.5 Å². The Labute approximate surface area is 155 Å². The van der Waals surface area contributed by atoms with Gasteiger partial charge >= 0.3 is 0 Å². The van der Waals surface area contributed by atoms with Gasteiger partial charge in [0.15, 0.2) is 0 Å². The first-order chi connectivity index (χ1) is 12.2. The molecular formula is C17H22FN5O2S. The molecule has 0 aliphatic heterocycles. The molecule has 140 valence electrons. The SMILES string of the molecule is Cc1cc(Nc2cc(N[C@H](CC(C)C)C(N)=O)cc(F)c2C(N)=O)sn1. The maximum atomic E-state index is 14.5. The van der Waals surface area contributed by atoms with Crippen molar-refractivity contribution in [3.8, 4) is 0 Å². The van der Waals surface area contributed by atoms with Gasteiger partial charge in [-0.05, 0) is 49.0 Å². The van der Waals surface area contributed by atoms with Crippen molar-refractivity contribution in [2.45, 2.75) is 33.2 Å². The molecule has 0 aliphatic carbocycles. The number of carbonyl (C=O) groups is 2. The van der Waals surface area contributed by atoms with Crippen LogP contribution in [-0.2, 0) is 4.79 Å². The van der Waals surface area contributed by atoms with Crippen LogP contribution in [0.3, 0.4) is 0 Å². The maximum Gasteiger partial charge on any atom is 0.253 e. The van der Waals surface area contributed by atoms with Gasteiger partial charge in [-0.25, -0.2) is 4.39 Å². The number of primary amides is 2. The Morgan fingerprint density at radius 3 is 2.46 bits per heavy atom. The number of benzene rings is 1. The molecular weight excluding hydrogens is 357 g/mol. The Morgan fingerprint density at radius 1 is 1.27 bits per heavy atom. The summed E-state index contributed by atoms with van der Waals surface area (Å²) in [6.45, 7) is 5.72. The Balaban J connectivity index is 2.39. The molecule has 9 heteroatoms. The highest BCUT2D eigenvalue weighted by molar-refractivity contribution is 7.10. The van der Waals surface area contributed by atoms with Crippen LogP contribution in [0.15, 0.2) is 18.2 Å². The highest BCUT2D eigenvalue weighted by Crippen LogP contribution is 2.30. The summed E-state index contributed by atoms with van der Waals surface area (Å²) in [7, 11) is 0. The summed E-state index contributed by atoms with van der Waals surface area (Å²) in [4.78, 5) is 23.3. The van der Waals surface area contributed by atoms with Crippen LogP contribution >= 0.6 is 11.5 Å². The van der Waals surface area contributed by atoms with Crippen LogP contribution in [0.25, 0.3) is 0 Å². The normalized spacial score (nSPS) is 12.0. The number of nitrogens with zero attached hydrogens (tertiary/aromatic N) is 1. The predicted octanol–water partition coefficient (Wildman–Crippen LogP) is 2.75. The number of carbonyl (C=O) groups excluding carboxylic acids is 2. The van der Waals surface area contributed by atoms with Gasteiger partial charge in [0, 0.05) is 5.69 Å². The van der Waals surface area contributed by atoms with Crippen molar-refractivity contribution in [3.05, 3.63) is 35.3 Å². The van der Waals surface area contributed by atoms with Gasteiger partial charge in [0.25, 0.3) is 5.91 Å². The number of amides is 2. The topological polar surface area (TPSA) is 123 Å². The van der Waals surface area contributed by atoms with Crippen molar-refractivity contribution in [2.24, 2.45) is 17.4 Å². The summed E-state index contributed by atoms with van der Waals surface area (Å²) < 4.78 is 18.6. The molecule has 0 bridgehead atoms. The van der Waals surface area contributed by atoms with Crippen molar-refractivity contribution in [2.75, 3.05) is 10.6 Å². The zero-order valence-electron chi connectivity index (χ0n) is 14.8. The highest BCUT2D eigenvalue weighted by Gasteiger charge is 2.21. The standard InChI is InChI=1S/C17H22FN5O2S/c1-8(2)4-13(16(19)24)21-10-6-11(18)15(17(20)25)12(7-10)22-14-5-9(3)23-26-14/h5-8,13,21-22H,4H2,1-3H3,(H2,19,24)(H2,20,25)/t13-/m1/s1. The van der Waals surface area contributed by atoms with Crippen LogP contribution in [0.2, 0.25) is 0 Å². The van der Waals surface area contributed by atoms with Crippen molar-refractivity contribution in [3.63, 3.8) is 0 Å². The average Bonchev–Trinajstić information content (AvgIpc) is 2.90. The monoisotopic (exact) mass is 379 g/mol. The molecule has 1 atom stereocenters. The van der Waals surface area contributed by atoms with E-state index in [1.165, 1.54) is 17.6 Å². The lowest BCUT2D eigenvalue weighted by atomic mass is 10.0. The van der Waals surface area contributed by atoms with Gasteiger partial charge < -0.3 is 22.1 Å². The van der Waals surface area contributed by atoms with Crippen molar-refractivity contribution < 1.29 is 14.0 Å². The molecule has 26 heavy (non-hydrogen) atoms. The molecule has 6 N–H and O–H groups in total. The number of nitrogens with one attached hydrogen (secondary N) is 2. The highest BCUT2D eigenvalue weighted by atomic mass is 32.1. The molecule has 0 aliphatic rings. The number of halogens is 1. The van der Waals surface area contributed by atoms with Gasteiger partial charge in [-0.2, -0.15) is 4.37 Å². The molecule has 1 aromatic carbocycles. The van der Waals surface area contributed by atoms with Crippen molar-refractivity contribution in [1.29, 1.82) is 0 Å². The zero-order chi connectivity index (χ0) is 19.4. The molecule has 2 aromatic rings. The van der Waals surface area contributed by atoms with E-state index in [9.17, 15) is 14.0 Å². The van der Waals surface area contributed by atoms with E-state index in [2.05, 4.69) is 15.0 Å². The Bertz CT molecular complexity index is 821. The molecule has 0 fully saturated rings. The summed E-state index contributed by atoms with van der Waals surface area (Å²) in [5.41, 5.74) is 11.8.